The second-order valence-electron chi connectivity index (χ2n) is 2.53. The SMILES string of the molecule is CCCOC[SiH2]OC(C)C. The summed E-state index contributed by atoms with van der Waals surface area (Å²) >= 11 is 0. The van der Waals surface area contributed by atoms with Gasteiger partial charge >= 0.3 is 0 Å². The largest absolute Gasteiger partial charge is 0.419 e. The Balaban J connectivity index is 2.77. The van der Waals surface area contributed by atoms with Crippen molar-refractivity contribution in [2.24, 2.45) is 0 Å². The minimum atomic E-state index is -0.379. The molecule has 0 heterocycles. The quantitative estimate of drug-likeness (QED) is 0.426. The molecular formula is C7H18O2Si. The van der Waals surface area contributed by atoms with Crippen molar-refractivity contribution in [2.75, 3.05) is 12.8 Å². The van der Waals surface area contributed by atoms with Crippen LogP contribution in [0.2, 0.25) is 0 Å². The molecule has 0 aliphatic rings. The molecule has 0 aromatic rings. The number of ether oxygens (including phenoxy) is 1. The van der Waals surface area contributed by atoms with Crippen LogP contribution in [0.25, 0.3) is 0 Å². The van der Waals surface area contributed by atoms with Gasteiger partial charge in [-0.15, -0.1) is 0 Å². The molecule has 3 heteroatoms. The van der Waals surface area contributed by atoms with Gasteiger partial charge in [0.1, 0.15) is 0 Å². The van der Waals surface area contributed by atoms with Gasteiger partial charge in [-0.05, 0) is 20.3 Å². The molecule has 0 fully saturated rings. The molecule has 0 atom stereocenters. The monoisotopic (exact) mass is 162 g/mol. The molecule has 0 saturated carbocycles. The highest BCUT2D eigenvalue weighted by Crippen LogP contribution is 1.85. The van der Waals surface area contributed by atoms with Crippen LogP contribution in [0.3, 0.4) is 0 Å². The van der Waals surface area contributed by atoms with Gasteiger partial charge in [0.05, 0.1) is 6.23 Å². The van der Waals surface area contributed by atoms with Crippen molar-refractivity contribution in [3.8, 4) is 0 Å². The second kappa shape index (κ2) is 7.25. The van der Waals surface area contributed by atoms with E-state index < -0.39 is 0 Å². The van der Waals surface area contributed by atoms with Crippen LogP contribution in [0.4, 0.5) is 0 Å². The summed E-state index contributed by atoms with van der Waals surface area (Å²) in [5.41, 5.74) is 0. The summed E-state index contributed by atoms with van der Waals surface area (Å²) in [7, 11) is -0.379. The summed E-state index contributed by atoms with van der Waals surface area (Å²) in [4.78, 5) is 0. The third-order valence-electron chi connectivity index (χ3n) is 1.03. The zero-order chi connectivity index (χ0) is 7.82. The molecule has 0 aliphatic carbocycles. The Bertz CT molecular complexity index is 66.6. The predicted octanol–water partition coefficient (Wildman–Crippen LogP) is 0.879. The molecule has 0 amide bonds. The normalized spacial score (nSPS) is 12.0. The van der Waals surface area contributed by atoms with Crippen molar-refractivity contribution in [2.45, 2.75) is 33.3 Å². The van der Waals surface area contributed by atoms with Crippen LogP contribution < -0.4 is 0 Å². The molecule has 2 nitrogen and oxygen atoms in total. The molecule has 0 radical (unpaired) electrons. The van der Waals surface area contributed by atoms with Gasteiger partial charge in [-0.1, -0.05) is 6.92 Å². The summed E-state index contributed by atoms with van der Waals surface area (Å²) < 4.78 is 10.7. The molecule has 62 valence electrons. The van der Waals surface area contributed by atoms with Crippen LogP contribution in [0.15, 0.2) is 0 Å². The average molecular weight is 162 g/mol. The van der Waals surface area contributed by atoms with Crippen molar-refractivity contribution < 1.29 is 9.16 Å². The van der Waals surface area contributed by atoms with Gasteiger partial charge in [0, 0.05) is 12.7 Å². The van der Waals surface area contributed by atoms with Gasteiger partial charge < -0.3 is 9.16 Å². The van der Waals surface area contributed by atoms with Crippen molar-refractivity contribution in [1.29, 1.82) is 0 Å². The highest BCUT2D eigenvalue weighted by Gasteiger charge is 1.92. The standard InChI is InChI=1S/C7H18O2Si/c1-4-5-8-6-10-9-7(2)3/h7H,4-6,10H2,1-3H3. The number of hydrogen-bond acceptors (Lipinski definition) is 2. The third-order valence-corrected chi connectivity index (χ3v) is 2.39. The van der Waals surface area contributed by atoms with E-state index in [1.165, 1.54) is 0 Å². The summed E-state index contributed by atoms with van der Waals surface area (Å²) in [6.07, 6.45) is 2.36. The molecule has 0 saturated heterocycles. The smallest absolute Gasteiger partial charge is 0.187 e. The van der Waals surface area contributed by atoms with E-state index in [4.69, 9.17) is 9.16 Å². The summed E-state index contributed by atoms with van der Waals surface area (Å²) in [5, 5.41) is 0. The van der Waals surface area contributed by atoms with Gasteiger partial charge in [0.25, 0.3) is 0 Å². The molecule has 0 aliphatic heterocycles. The van der Waals surface area contributed by atoms with Crippen LogP contribution in [0, 0.1) is 0 Å². The van der Waals surface area contributed by atoms with Gasteiger partial charge in [-0.2, -0.15) is 0 Å². The lowest BCUT2D eigenvalue weighted by atomic mass is 10.5. The summed E-state index contributed by atoms with van der Waals surface area (Å²) in [6, 6.07) is 0. The van der Waals surface area contributed by atoms with Gasteiger partial charge in [0.2, 0.25) is 0 Å². The molecule has 10 heavy (non-hydrogen) atoms. The topological polar surface area (TPSA) is 18.5 Å². The minimum Gasteiger partial charge on any atom is -0.419 e. The van der Waals surface area contributed by atoms with E-state index in [9.17, 15) is 0 Å². The summed E-state index contributed by atoms with van der Waals surface area (Å²) in [5.74, 6) is 0. The number of hydrogen-bond donors (Lipinski definition) is 0. The molecular weight excluding hydrogens is 144 g/mol. The van der Waals surface area contributed by atoms with Crippen molar-refractivity contribution in [1.82, 2.24) is 0 Å². The highest BCUT2D eigenvalue weighted by atomic mass is 28.2. The maximum atomic E-state index is 5.40. The molecule has 0 aromatic heterocycles. The van der Waals surface area contributed by atoms with Crippen LogP contribution in [0.5, 0.6) is 0 Å². The Morgan fingerprint density at radius 3 is 2.60 bits per heavy atom. The molecule has 0 spiro atoms. The Labute approximate surface area is 65.9 Å². The van der Waals surface area contributed by atoms with Crippen molar-refractivity contribution in [3.05, 3.63) is 0 Å². The van der Waals surface area contributed by atoms with Crippen molar-refractivity contribution >= 4 is 9.76 Å². The van der Waals surface area contributed by atoms with E-state index in [1.807, 2.05) is 0 Å². The van der Waals surface area contributed by atoms with E-state index in [-0.39, 0.29) is 9.76 Å². The first-order valence-corrected chi connectivity index (χ1v) is 5.54. The summed E-state index contributed by atoms with van der Waals surface area (Å²) in [6.45, 7) is 7.12. The fourth-order valence-electron chi connectivity index (χ4n) is 0.589. The van der Waals surface area contributed by atoms with E-state index in [0.717, 1.165) is 19.3 Å². The van der Waals surface area contributed by atoms with E-state index in [0.29, 0.717) is 6.10 Å². The minimum absolute atomic E-state index is 0.379. The van der Waals surface area contributed by atoms with E-state index in [2.05, 4.69) is 20.8 Å². The maximum Gasteiger partial charge on any atom is 0.187 e. The van der Waals surface area contributed by atoms with Gasteiger partial charge in [-0.3, -0.25) is 0 Å². The first-order valence-electron chi connectivity index (χ1n) is 3.96. The van der Waals surface area contributed by atoms with Crippen molar-refractivity contribution in [3.63, 3.8) is 0 Å². The Kier molecular flexibility index (Phi) is 7.35. The lowest BCUT2D eigenvalue weighted by Gasteiger charge is -2.06. The number of rotatable bonds is 6. The Hall–Kier alpha value is 0.137. The van der Waals surface area contributed by atoms with Crippen LogP contribution in [0.1, 0.15) is 27.2 Å². The van der Waals surface area contributed by atoms with Crippen LogP contribution in [-0.2, 0) is 9.16 Å². The maximum absolute atomic E-state index is 5.40. The third kappa shape index (κ3) is 8.14. The van der Waals surface area contributed by atoms with Crippen LogP contribution in [-0.4, -0.2) is 28.7 Å². The second-order valence-corrected chi connectivity index (χ2v) is 3.68. The predicted molar refractivity (Wildman–Crippen MR) is 45.9 cm³/mol. The molecule has 0 aromatic carbocycles. The first-order chi connectivity index (χ1) is 4.77. The highest BCUT2D eigenvalue weighted by molar-refractivity contribution is 6.26. The van der Waals surface area contributed by atoms with E-state index in [1.54, 1.807) is 0 Å². The molecule has 0 unspecified atom stereocenters. The van der Waals surface area contributed by atoms with Gasteiger partial charge in [-0.25, -0.2) is 0 Å². The Morgan fingerprint density at radius 2 is 2.10 bits per heavy atom. The zero-order valence-corrected chi connectivity index (χ0v) is 8.64. The van der Waals surface area contributed by atoms with E-state index >= 15 is 0 Å². The lowest BCUT2D eigenvalue weighted by molar-refractivity contribution is 0.156. The molecule has 0 rings (SSSR count). The first kappa shape index (κ1) is 10.1. The average Bonchev–Trinajstić information content (AvgIpc) is 1.87. The molecule has 0 bridgehead atoms. The lowest BCUT2D eigenvalue weighted by Crippen LogP contribution is -2.13. The Morgan fingerprint density at radius 1 is 1.40 bits per heavy atom. The van der Waals surface area contributed by atoms with Gasteiger partial charge in [0.15, 0.2) is 9.76 Å². The fourth-order valence-corrected chi connectivity index (χ4v) is 1.48. The molecule has 0 N–H and O–H groups in total. The zero-order valence-electron chi connectivity index (χ0n) is 7.22. The fraction of sp³-hybridized carbons (Fsp3) is 1.00. The van der Waals surface area contributed by atoms with Crippen LogP contribution >= 0.6 is 0 Å².